The van der Waals surface area contributed by atoms with Crippen LogP contribution < -0.4 is 0 Å². The van der Waals surface area contributed by atoms with E-state index in [4.69, 9.17) is 11.6 Å². The van der Waals surface area contributed by atoms with Gasteiger partial charge in [-0.3, -0.25) is 4.79 Å². The third-order valence-corrected chi connectivity index (χ3v) is 1.86. The van der Waals surface area contributed by atoms with Crippen molar-refractivity contribution >= 4 is 17.6 Å². The lowest BCUT2D eigenvalue weighted by Crippen LogP contribution is -2.04. The molecule has 0 aromatic heterocycles. The van der Waals surface area contributed by atoms with Crippen LogP contribution in [0, 0.1) is 5.92 Å². The molecule has 0 saturated heterocycles. The van der Waals surface area contributed by atoms with Gasteiger partial charge in [-0.05, 0) is 12.3 Å². The van der Waals surface area contributed by atoms with Gasteiger partial charge in [0.25, 0.3) is 0 Å². The minimum atomic E-state index is -0.156. The third kappa shape index (κ3) is 4.62. The average Bonchev–Trinajstić information content (AvgIpc) is 1.99. The standard InChI is InChI=1S/C7H13ClO2/c1-6(5-8)3-4-7(9)10-2/h6H,3-5H2,1-2H3. The molecule has 0 aliphatic heterocycles. The van der Waals surface area contributed by atoms with E-state index in [-0.39, 0.29) is 5.97 Å². The van der Waals surface area contributed by atoms with Crippen LogP contribution in [0.3, 0.4) is 0 Å². The van der Waals surface area contributed by atoms with Crippen LogP contribution in [-0.2, 0) is 9.53 Å². The SMILES string of the molecule is COC(=O)CCC(C)CCl. The summed E-state index contributed by atoms with van der Waals surface area (Å²) in [5, 5.41) is 0. The van der Waals surface area contributed by atoms with Crippen molar-refractivity contribution in [2.45, 2.75) is 19.8 Å². The first-order valence-electron chi connectivity index (χ1n) is 3.33. The molecule has 0 aromatic rings. The van der Waals surface area contributed by atoms with Crippen LogP contribution >= 0.6 is 11.6 Å². The van der Waals surface area contributed by atoms with E-state index in [2.05, 4.69) is 4.74 Å². The molecule has 10 heavy (non-hydrogen) atoms. The molecule has 0 radical (unpaired) electrons. The van der Waals surface area contributed by atoms with Crippen molar-refractivity contribution in [3.05, 3.63) is 0 Å². The van der Waals surface area contributed by atoms with Crippen LogP contribution in [0.25, 0.3) is 0 Å². The molecule has 0 aliphatic carbocycles. The molecule has 60 valence electrons. The highest BCUT2D eigenvalue weighted by atomic mass is 35.5. The van der Waals surface area contributed by atoms with Crippen LogP contribution in [0.15, 0.2) is 0 Å². The molecule has 0 bridgehead atoms. The van der Waals surface area contributed by atoms with Gasteiger partial charge in [0.05, 0.1) is 7.11 Å². The van der Waals surface area contributed by atoms with Gasteiger partial charge in [-0.15, -0.1) is 11.6 Å². The van der Waals surface area contributed by atoms with Crippen molar-refractivity contribution in [3.8, 4) is 0 Å². The van der Waals surface area contributed by atoms with Gasteiger partial charge in [0.15, 0.2) is 0 Å². The van der Waals surface area contributed by atoms with E-state index in [9.17, 15) is 4.79 Å². The molecule has 0 saturated carbocycles. The first kappa shape index (κ1) is 9.76. The van der Waals surface area contributed by atoms with Crippen LogP contribution in [-0.4, -0.2) is 19.0 Å². The van der Waals surface area contributed by atoms with Gasteiger partial charge in [0.1, 0.15) is 0 Å². The number of methoxy groups -OCH3 is 1. The monoisotopic (exact) mass is 164 g/mol. The zero-order valence-electron chi connectivity index (χ0n) is 6.39. The molecule has 2 nitrogen and oxygen atoms in total. The molecule has 0 fully saturated rings. The largest absolute Gasteiger partial charge is 0.469 e. The summed E-state index contributed by atoms with van der Waals surface area (Å²) in [4.78, 5) is 10.6. The Labute approximate surface area is 66.5 Å². The second-order valence-electron chi connectivity index (χ2n) is 2.37. The highest BCUT2D eigenvalue weighted by Gasteiger charge is 2.04. The molecule has 0 N–H and O–H groups in total. The zero-order chi connectivity index (χ0) is 7.98. The summed E-state index contributed by atoms with van der Waals surface area (Å²) < 4.78 is 4.46. The molecule has 0 aromatic carbocycles. The first-order valence-corrected chi connectivity index (χ1v) is 3.87. The number of carbonyl (C=O) groups excluding carboxylic acids is 1. The summed E-state index contributed by atoms with van der Waals surface area (Å²) in [5.74, 6) is 0.856. The topological polar surface area (TPSA) is 26.3 Å². The Hall–Kier alpha value is -0.240. The van der Waals surface area contributed by atoms with E-state index < -0.39 is 0 Å². The maximum absolute atomic E-state index is 10.6. The normalized spacial score (nSPS) is 12.7. The molecule has 0 aliphatic rings. The maximum atomic E-state index is 10.6. The molecule has 1 unspecified atom stereocenters. The van der Waals surface area contributed by atoms with Gasteiger partial charge in [-0.1, -0.05) is 6.92 Å². The number of esters is 1. The number of carbonyl (C=O) groups is 1. The van der Waals surface area contributed by atoms with E-state index in [1.165, 1.54) is 7.11 Å². The van der Waals surface area contributed by atoms with Crippen molar-refractivity contribution < 1.29 is 9.53 Å². The highest BCUT2D eigenvalue weighted by Crippen LogP contribution is 2.07. The number of halogens is 1. The average molecular weight is 165 g/mol. The molecular weight excluding hydrogens is 152 g/mol. The van der Waals surface area contributed by atoms with Crippen LogP contribution in [0.2, 0.25) is 0 Å². The van der Waals surface area contributed by atoms with E-state index >= 15 is 0 Å². The summed E-state index contributed by atoms with van der Waals surface area (Å²) in [7, 11) is 1.40. The van der Waals surface area contributed by atoms with Gasteiger partial charge < -0.3 is 4.74 Å². The van der Waals surface area contributed by atoms with Crippen LogP contribution in [0.1, 0.15) is 19.8 Å². The summed E-state index contributed by atoms with van der Waals surface area (Å²) >= 11 is 5.53. The Morgan fingerprint density at radius 3 is 2.70 bits per heavy atom. The predicted molar refractivity (Wildman–Crippen MR) is 41.1 cm³/mol. The fourth-order valence-electron chi connectivity index (χ4n) is 0.543. The minimum absolute atomic E-state index is 0.156. The third-order valence-electron chi connectivity index (χ3n) is 1.33. The highest BCUT2D eigenvalue weighted by molar-refractivity contribution is 6.18. The minimum Gasteiger partial charge on any atom is -0.469 e. The molecule has 1 atom stereocenters. The summed E-state index contributed by atoms with van der Waals surface area (Å²) in [5.41, 5.74) is 0. The summed E-state index contributed by atoms with van der Waals surface area (Å²) in [6.45, 7) is 2.01. The first-order chi connectivity index (χ1) is 4.70. The maximum Gasteiger partial charge on any atom is 0.305 e. The lowest BCUT2D eigenvalue weighted by atomic mass is 10.1. The van der Waals surface area contributed by atoms with Crippen molar-refractivity contribution in [1.29, 1.82) is 0 Å². The van der Waals surface area contributed by atoms with Crippen molar-refractivity contribution in [1.82, 2.24) is 0 Å². The summed E-state index contributed by atoms with van der Waals surface area (Å²) in [6, 6.07) is 0. The van der Waals surface area contributed by atoms with Crippen LogP contribution in [0.5, 0.6) is 0 Å². The molecule has 0 rings (SSSR count). The summed E-state index contributed by atoms with van der Waals surface area (Å²) in [6.07, 6.45) is 1.29. The Morgan fingerprint density at radius 1 is 1.70 bits per heavy atom. The van der Waals surface area contributed by atoms with Crippen molar-refractivity contribution in [2.24, 2.45) is 5.92 Å². The number of ether oxygens (including phenoxy) is 1. The number of hydrogen-bond donors (Lipinski definition) is 0. The van der Waals surface area contributed by atoms with Crippen LogP contribution in [0.4, 0.5) is 0 Å². The molecule has 0 spiro atoms. The zero-order valence-corrected chi connectivity index (χ0v) is 7.15. The van der Waals surface area contributed by atoms with Gasteiger partial charge in [-0.25, -0.2) is 0 Å². The Morgan fingerprint density at radius 2 is 2.30 bits per heavy atom. The molecule has 0 heterocycles. The predicted octanol–water partition coefficient (Wildman–Crippen LogP) is 1.81. The molecular formula is C7H13ClO2. The lowest BCUT2D eigenvalue weighted by molar-refractivity contribution is -0.140. The lowest BCUT2D eigenvalue weighted by Gasteiger charge is -2.04. The Kier molecular flexibility index (Phi) is 5.40. The molecule has 3 heteroatoms. The van der Waals surface area contributed by atoms with Gasteiger partial charge in [-0.2, -0.15) is 0 Å². The number of hydrogen-bond acceptors (Lipinski definition) is 2. The Bertz CT molecular complexity index is 104. The van der Waals surface area contributed by atoms with E-state index in [0.29, 0.717) is 18.2 Å². The van der Waals surface area contributed by atoms with E-state index in [1.54, 1.807) is 0 Å². The number of alkyl halides is 1. The van der Waals surface area contributed by atoms with Crippen molar-refractivity contribution in [3.63, 3.8) is 0 Å². The fraction of sp³-hybridized carbons (Fsp3) is 0.857. The smallest absolute Gasteiger partial charge is 0.305 e. The quantitative estimate of drug-likeness (QED) is 0.468. The van der Waals surface area contributed by atoms with Crippen molar-refractivity contribution in [2.75, 3.05) is 13.0 Å². The van der Waals surface area contributed by atoms with Gasteiger partial charge in [0.2, 0.25) is 0 Å². The fourth-order valence-corrected chi connectivity index (χ4v) is 0.698. The van der Waals surface area contributed by atoms with E-state index in [1.807, 2.05) is 6.92 Å². The molecule has 0 amide bonds. The van der Waals surface area contributed by atoms with Gasteiger partial charge >= 0.3 is 5.97 Å². The van der Waals surface area contributed by atoms with E-state index in [0.717, 1.165) is 6.42 Å². The second-order valence-corrected chi connectivity index (χ2v) is 2.68. The number of rotatable bonds is 4. The Balaban J connectivity index is 3.26. The second kappa shape index (κ2) is 5.54. The van der Waals surface area contributed by atoms with Gasteiger partial charge in [0, 0.05) is 12.3 Å².